The first-order chi connectivity index (χ1) is 10.5. The molecule has 0 saturated heterocycles. The normalized spacial score (nSPS) is 10.9. The molecule has 116 valence electrons. The van der Waals surface area contributed by atoms with Gasteiger partial charge in [-0.05, 0) is 43.7 Å². The molecule has 0 spiro atoms. The molecular formula is C17H21N3O2. The predicted molar refractivity (Wildman–Crippen MR) is 87.2 cm³/mol. The summed E-state index contributed by atoms with van der Waals surface area (Å²) in [5.74, 6) is 0. The van der Waals surface area contributed by atoms with Crippen LogP contribution in [0.25, 0.3) is 11.8 Å². The van der Waals surface area contributed by atoms with E-state index >= 15 is 0 Å². The van der Waals surface area contributed by atoms with E-state index in [1.807, 2.05) is 18.2 Å². The summed E-state index contributed by atoms with van der Waals surface area (Å²) in [6.07, 6.45) is 3.60. The van der Waals surface area contributed by atoms with Gasteiger partial charge >= 0.3 is 6.03 Å². The molecule has 5 heteroatoms. The molecule has 0 saturated carbocycles. The lowest BCUT2D eigenvalue weighted by atomic mass is 10.2. The SMILES string of the molecule is CNC(=O)N(O)CC=Cc1ccc(-n2c(C)ccc2C)cc1. The van der Waals surface area contributed by atoms with Crippen molar-refractivity contribution in [2.24, 2.45) is 0 Å². The summed E-state index contributed by atoms with van der Waals surface area (Å²) in [6.45, 7) is 4.29. The molecule has 0 fully saturated rings. The Labute approximate surface area is 130 Å². The number of aryl methyl sites for hydroxylation is 2. The predicted octanol–water partition coefficient (Wildman–Crippen LogP) is 3.14. The van der Waals surface area contributed by atoms with Crippen molar-refractivity contribution < 1.29 is 10.0 Å². The largest absolute Gasteiger partial charge is 0.341 e. The molecule has 0 aliphatic heterocycles. The first kappa shape index (κ1) is 15.9. The van der Waals surface area contributed by atoms with Crippen LogP contribution >= 0.6 is 0 Å². The number of carbonyl (C=O) groups excluding carboxylic acids is 1. The van der Waals surface area contributed by atoms with E-state index in [4.69, 9.17) is 0 Å². The van der Waals surface area contributed by atoms with Gasteiger partial charge in [-0.2, -0.15) is 0 Å². The lowest BCUT2D eigenvalue weighted by molar-refractivity contribution is -0.0318. The molecule has 0 radical (unpaired) electrons. The molecule has 2 rings (SSSR count). The van der Waals surface area contributed by atoms with Crippen LogP contribution in [0.4, 0.5) is 4.79 Å². The fourth-order valence-electron chi connectivity index (χ4n) is 2.31. The quantitative estimate of drug-likeness (QED) is 0.673. The number of carbonyl (C=O) groups is 1. The molecule has 0 aliphatic carbocycles. The first-order valence-electron chi connectivity index (χ1n) is 7.13. The summed E-state index contributed by atoms with van der Waals surface area (Å²) in [5.41, 5.74) is 4.52. The van der Waals surface area contributed by atoms with Gasteiger partial charge in [-0.3, -0.25) is 5.21 Å². The highest BCUT2D eigenvalue weighted by Crippen LogP contribution is 2.17. The smallest absolute Gasteiger partial charge is 0.339 e. The lowest BCUT2D eigenvalue weighted by Gasteiger charge is -2.11. The van der Waals surface area contributed by atoms with E-state index in [-0.39, 0.29) is 6.54 Å². The van der Waals surface area contributed by atoms with Crippen molar-refractivity contribution >= 4 is 12.1 Å². The van der Waals surface area contributed by atoms with Gasteiger partial charge in [0.15, 0.2) is 0 Å². The Morgan fingerprint density at radius 1 is 1.18 bits per heavy atom. The maximum Gasteiger partial charge on any atom is 0.341 e. The van der Waals surface area contributed by atoms with E-state index in [1.165, 1.54) is 18.4 Å². The van der Waals surface area contributed by atoms with E-state index in [0.717, 1.165) is 11.3 Å². The molecule has 0 atom stereocenters. The Balaban J connectivity index is 2.05. The number of benzene rings is 1. The molecule has 1 heterocycles. The topological polar surface area (TPSA) is 57.5 Å². The third-order valence-corrected chi connectivity index (χ3v) is 3.46. The molecule has 22 heavy (non-hydrogen) atoms. The molecule has 0 unspecified atom stereocenters. The number of hydroxylamine groups is 2. The minimum Gasteiger partial charge on any atom is -0.339 e. The van der Waals surface area contributed by atoms with Crippen LogP contribution in [0, 0.1) is 13.8 Å². The molecule has 2 amide bonds. The fraction of sp³-hybridized carbons (Fsp3) is 0.235. The van der Waals surface area contributed by atoms with E-state index in [0.29, 0.717) is 5.06 Å². The summed E-state index contributed by atoms with van der Waals surface area (Å²) in [5, 5.41) is 12.4. The summed E-state index contributed by atoms with van der Waals surface area (Å²) in [6, 6.07) is 11.8. The van der Waals surface area contributed by atoms with Crippen molar-refractivity contribution in [3.63, 3.8) is 0 Å². The zero-order valence-electron chi connectivity index (χ0n) is 13.1. The van der Waals surface area contributed by atoms with Crippen molar-refractivity contribution in [3.05, 3.63) is 59.4 Å². The minimum atomic E-state index is -0.529. The molecule has 1 aromatic carbocycles. The van der Waals surface area contributed by atoms with Crippen LogP contribution < -0.4 is 5.32 Å². The second-order valence-corrected chi connectivity index (χ2v) is 5.08. The number of hydrogen-bond acceptors (Lipinski definition) is 2. The van der Waals surface area contributed by atoms with Crippen molar-refractivity contribution in [1.82, 2.24) is 14.9 Å². The maximum absolute atomic E-state index is 11.1. The first-order valence-corrected chi connectivity index (χ1v) is 7.13. The Kier molecular flexibility index (Phi) is 5.01. The number of hydrogen-bond donors (Lipinski definition) is 2. The number of aromatic nitrogens is 1. The Morgan fingerprint density at radius 3 is 2.32 bits per heavy atom. The van der Waals surface area contributed by atoms with Gasteiger partial charge in [0.1, 0.15) is 0 Å². The van der Waals surface area contributed by atoms with E-state index in [1.54, 1.807) is 6.08 Å². The van der Waals surface area contributed by atoms with Gasteiger partial charge in [-0.1, -0.05) is 24.3 Å². The van der Waals surface area contributed by atoms with Crippen molar-refractivity contribution in [1.29, 1.82) is 0 Å². The lowest BCUT2D eigenvalue weighted by Crippen LogP contribution is -2.35. The van der Waals surface area contributed by atoms with Crippen LogP contribution in [-0.4, -0.2) is 34.5 Å². The van der Waals surface area contributed by atoms with Crippen LogP contribution in [0.15, 0.2) is 42.5 Å². The minimum absolute atomic E-state index is 0.136. The van der Waals surface area contributed by atoms with Crippen molar-refractivity contribution in [2.45, 2.75) is 13.8 Å². The van der Waals surface area contributed by atoms with E-state index < -0.39 is 6.03 Å². The van der Waals surface area contributed by atoms with Crippen molar-refractivity contribution in [3.8, 4) is 5.69 Å². The molecule has 2 aromatic rings. The number of nitrogens with zero attached hydrogens (tertiary/aromatic N) is 2. The molecule has 5 nitrogen and oxygen atoms in total. The van der Waals surface area contributed by atoms with Gasteiger partial charge in [0.25, 0.3) is 0 Å². The molecular weight excluding hydrogens is 278 g/mol. The average molecular weight is 299 g/mol. The standard InChI is InChI=1S/C17H21N3O2/c1-13-6-7-14(2)20(13)16-10-8-15(9-11-16)5-4-12-19(22)17(21)18-3/h4-11,22H,12H2,1-3H3,(H,18,21). The number of nitrogens with one attached hydrogen (secondary N) is 1. The number of rotatable bonds is 4. The third-order valence-electron chi connectivity index (χ3n) is 3.46. The molecule has 2 N–H and O–H groups in total. The van der Waals surface area contributed by atoms with Gasteiger partial charge in [-0.25, -0.2) is 9.86 Å². The van der Waals surface area contributed by atoms with E-state index in [9.17, 15) is 10.0 Å². The van der Waals surface area contributed by atoms with Crippen LogP contribution in [0.1, 0.15) is 17.0 Å². The maximum atomic E-state index is 11.1. The Morgan fingerprint density at radius 2 is 1.77 bits per heavy atom. The summed E-state index contributed by atoms with van der Waals surface area (Å²) >= 11 is 0. The highest BCUT2D eigenvalue weighted by atomic mass is 16.5. The van der Waals surface area contributed by atoms with Gasteiger partial charge in [0, 0.05) is 24.1 Å². The average Bonchev–Trinajstić information content (AvgIpc) is 2.86. The summed E-state index contributed by atoms with van der Waals surface area (Å²) in [7, 11) is 1.47. The number of urea groups is 1. The van der Waals surface area contributed by atoms with Crippen molar-refractivity contribution in [2.75, 3.05) is 13.6 Å². The van der Waals surface area contributed by atoms with Gasteiger partial charge in [0.05, 0.1) is 6.54 Å². The zero-order chi connectivity index (χ0) is 16.1. The highest BCUT2D eigenvalue weighted by molar-refractivity contribution is 5.72. The van der Waals surface area contributed by atoms with Crippen LogP contribution in [0.3, 0.4) is 0 Å². The van der Waals surface area contributed by atoms with Crippen LogP contribution in [0.2, 0.25) is 0 Å². The summed E-state index contributed by atoms with van der Waals surface area (Å²) < 4.78 is 2.19. The van der Waals surface area contributed by atoms with E-state index in [2.05, 4.69) is 48.0 Å². The highest BCUT2D eigenvalue weighted by Gasteiger charge is 2.05. The second-order valence-electron chi connectivity index (χ2n) is 5.08. The summed E-state index contributed by atoms with van der Waals surface area (Å²) in [4.78, 5) is 11.1. The molecule has 0 bridgehead atoms. The van der Waals surface area contributed by atoms with Gasteiger partial charge in [-0.15, -0.1) is 0 Å². The molecule has 1 aromatic heterocycles. The fourth-order valence-corrected chi connectivity index (χ4v) is 2.31. The monoisotopic (exact) mass is 299 g/mol. The number of amides is 2. The Hall–Kier alpha value is -2.53. The van der Waals surface area contributed by atoms with Gasteiger partial charge < -0.3 is 9.88 Å². The second kappa shape index (κ2) is 6.95. The third kappa shape index (κ3) is 3.56. The molecule has 0 aliphatic rings. The Bertz CT molecular complexity index is 652. The van der Waals surface area contributed by atoms with Crippen LogP contribution in [0.5, 0.6) is 0 Å². The zero-order valence-corrected chi connectivity index (χ0v) is 13.1. The van der Waals surface area contributed by atoms with Gasteiger partial charge in [0.2, 0.25) is 0 Å². The van der Waals surface area contributed by atoms with Crippen LogP contribution in [-0.2, 0) is 0 Å².